The van der Waals surface area contributed by atoms with Crippen molar-refractivity contribution >= 4 is 18.1 Å². The Hall–Kier alpha value is -2.35. The summed E-state index contributed by atoms with van der Waals surface area (Å²) in [7, 11) is 1.39. The Labute approximate surface area is 132 Å². The molecule has 0 heterocycles. The van der Waals surface area contributed by atoms with Gasteiger partial charge in [-0.2, -0.15) is 0 Å². The normalized spacial score (nSPS) is 11.1. The van der Waals surface area contributed by atoms with Gasteiger partial charge in [0.15, 0.2) is 0 Å². The number of ether oxygens (including phenoxy) is 1. The molecule has 114 valence electrons. The molecule has 0 saturated heterocycles. The van der Waals surface area contributed by atoms with E-state index in [1.54, 1.807) is 12.1 Å². The van der Waals surface area contributed by atoms with Crippen molar-refractivity contribution in [3.8, 4) is 0 Å². The zero-order valence-electron chi connectivity index (χ0n) is 13.4. The lowest BCUT2D eigenvalue weighted by Gasteiger charge is -2.04. The molecule has 2 heteroatoms. The summed E-state index contributed by atoms with van der Waals surface area (Å²) in [6.07, 6.45) is 5.23. The van der Waals surface area contributed by atoms with E-state index in [2.05, 4.69) is 48.9 Å². The van der Waals surface area contributed by atoms with Gasteiger partial charge in [-0.15, -0.1) is 0 Å². The van der Waals surface area contributed by atoms with Crippen LogP contribution in [0.5, 0.6) is 0 Å². The molecule has 2 rings (SSSR count). The van der Waals surface area contributed by atoms with Crippen LogP contribution in [0.25, 0.3) is 12.2 Å². The monoisotopic (exact) mass is 294 g/mol. The molecule has 0 unspecified atom stereocenters. The summed E-state index contributed by atoms with van der Waals surface area (Å²) < 4.78 is 4.69. The average molecular weight is 294 g/mol. The molecule has 2 aromatic rings. The van der Waals surface area contributed by atoms with Gasteiger partial charge in [-0.05, 0) is 41.2 Å². The molecule has 0 amide bonds. The van der Waals surface area contributed by atoms with Crippen LogP contribution in [-0.2, 0) is 11.2 Å². The average Bonchev–Trinajstić information content (AvgIpc) is 2.53. The Bertz CT molecular complexity index is 634. The van der Waals surface area contributed by atoms with Crippen LogP contribution in [0.3, 0.4) is 0 Å². The van der Waals surface area contributed by atoms with E-state index < -0.39 is 0 Å². The van der Waals surface area contributed by atoms with Gasteiger partial charge < -0.3 is 4.74 Å². The van der Waals surface area contributed by atoms with E-state index in [-0.39, 0.29) is 5.97 Å². The van der Waals surface area contributed by atoms with E-state index in [1.165, 1.54) is 18.2 Å². The third kappa shape index (κ3) is 4.59. The molecular formula is C20H22O2. The van der Waals surface area contributed by atoms with Gasteiger partial charge in [-0.3, -0.25) is 0 Å². The maximum absolute atomic E-state index is 11.4. The summed E-state index contributed by atoms with van der Waals surface area (Å²) in [6.45, 7) is 4.46. The Morgan fingerprint density at radius 1 is 0.955 bits per heavy atom. The second-order valence-corrected chi connectivity index (χ2v) is 5.79. The summed E-state index contributed by atoms with van der Waals surface area (Å²) in [5.74, 6) is 0.367. The van der Waals surface area contributed by atoms with E-state index in [1.807, 2.05) is 18.2 Å². The van der Waals surface area contributed by atoms with E-state index >= 15 is 0 Å². The van der Waals surface area contributed by atoms with Crippen molar-refractivity contribution in [1.82, 2.24) is 0 Å². The second kappa shape index (κ2) is 7.60. The predicted octanol–water partition coefficient (Wildman–Crippen LogP) is 4.84. The van der Waals surface area contributed by atoms with Crippen LogP contribution < -0.4 is 0 Å². The molecule has 0 fully saturated rings. The smallest absolute Gasteiger partial charge is 0.337 e. The van der Waals surface area contributed by atoms with Crippen LogP contribution >= 0.6 is 0 Å². The number of carbonyl (C=O) groups excluding carboxylic acids is 1. The minimum absolute atomic E-state index is 0.309. The molecule has 2 aromatic carbocycles. The molecule has 0 atom stereocenters. The number of rotatable bonds is 5. The summed E-state index contributed by atoms with van der Waals surface area (Å²) in [4.78, 5) is 11.4. The SMILES string of the molecule is COC(=O)c1ccc(/C=C/c2ccc(CC(C)C)cc2)cc1. The molecule has 0 spiro atoms. The highest BCUT2D eigenvalue weighted by Crippen LogP contribution is 2.13. The Kier molecular flexibility index (Phi) is 5.54. The summed E-state index contributed by atoms with van der Waals surface area (Å²) in [6, 6.07) is 16.0. The lowest BCUT2D eigenvalue weighted by molar-refractivity contribution is 0.0600. The topological polar surface area (TPSA) is 26.3 Å². The van der Waals surface area contributed by atoms with E-state index in [0.717, 1.165) is 12.0 Å². The molecule has 0 radical (unpaired) electrons. The lowest BCUT2D eigenvalue weighted by Crippen LogP contribution is -2.00. The molecule has 0 N–H and O–H groups in total. The van der Waals surface area contributed by atoms with Crippen LogP contribution in [0.4, 0.5) is 0 Å². The quantitative estimate of drug-likeness (QED) is 0.582. The molecule has 0 aliphatic carbocycles. The van der Waals surface area contributed by atoms with Crippen molar-refractivity contribution in [2.45, 2.75) is 20.3 Å². The Balaban J connectivity index is 2.03. The fourth-order valence-corrected chi connectivity index (χ4v) is 2.28. The number of methoxy groups -OCH3 is 1. The second-order valence-electron chi connectivity index (χ2n) is 5.79. The van der Waals surface area contributed by atoms with Gasteiger partial charge >= 0.3 is 5.97 Å². The van der Waals surface area contributed by atoms with Crippen molar-refractivity contribution in [2.24, 2.45) is 5.92 Å². The van der Waals surface area contributed by atoms with Crippen LogP contribution in [0.15, 0.2) is 48.5 Å². The van der Waals surface area contributed by atoms with Crippen molar-refractivity contribution in [3.63, 3.8) is 0 Å². The zero-order chi connectivity index (χ0) is 15.9. The van der Waals surface area contributed by atoms with Crippen molar-refractivity contribution in [3.05, 3.63) is 70.8 Å². The first-order valence-corrected chi connectivity index (χ1v) is 7.54. The summed E-state index contributed by atoms with van der Waals surface area (Å²) in [5.41, 5.74) is 4.16. The standard InChI is InChI=1S/C20H22O2/c1-15(2)14-18-8-6-16(7-9-18)4-5-17-10-12-19(13-11-17)20(21)22-3/h4-13,15H,14H2,1-3H3/b5-4+. The largest absolute Gasteiger partial charge is 0.465 e. The molecule has 0 aliphatic heterocycles. The van der Waals surface area contributed by atoms with Gasteiger partial charge in [-0.25, -0.2) is 4.79 Å². The van der Waals surface area contributed by atoms with Crippen LogP contribution in [-0.4, -0.2) is 13.1 Å². The third-order valence-electron chi connectivity index (χ3n) is 3.42. The molecule has 0 aromatic heterocycles. The van der Waals surface area contributed by atoms with Crippen LogP contribution in [0, 0.1) is 5.92 Å². The fourth-order valence-electron chi connectivity index (χ4n) is 2.28. The van der Waals surface area contributed by atoms with Gasteiger partial charge in [0.2, 0.25) is 0 Å². The van der Waals surface area contributed by atoms with Gasteiger partial charge in [0, 0.05) is 0 Å². The highest BCUT2D eigenvalue weighted by atomic mass is 16.5. The first kappa shape index (κ1) is 16.0. The van der Waals surface area contributed by atoms with E-state index in [9.17, 15) is 4.79 Å². The molecule has 22 heavy (non-hydrogen) atoms. The minimum Gasteiger partial charge on any atom is -0.465 e. The predicted molar refractivity (Wildman–Crippen MR) is 91.7 cm³/mol. The van der Waals surface area contributed by atoms with Crippen LogP contribution in [0.2, 0.25) is 0 Å². The first-order chi connectivity index (χ1) is 10.6. The van der Waals surface area contributed by atoms with Crippen molar-refractivity contribution in [2.75, 3.05) is 7.11 Å². The Morgan fingerprint density at radius 2 is 1.45 bits per heavy atom. The van der Waals surface area contributed by atoms with Gasteiger partial charge in [0.1, 0.15) is 0 Å². The van der Waals surface area contributed by atoms with E-state index in [4.69, 9.17) is 0 Å². The van der Waals surface area contributed by atoms with Gasteiger partial charge in [-0.1, -0.05) is 62.4 Å². The first-order valence-electron chi connectivity index (χ1n) is 7.54. The summed E-state index contributed by atoms with van der Waals surface area (Å²) in [5, 5.41) is 0. The third-order valence-corrected chi connectivity index (χ3v) is 3.42. The molecule has 2 nitrogen and oxygen atoms in total. The van der Waals surface area contributed by atoms with Crippen LogP contribution in [0.1, 0.15) is 40.9 Å². The number of carbonyl (C=O) groups is 1. The molecular weight excluding hydrogens is 272 g/mol. The molecule has 0 aliphatic rings. The molecule has 0 saturated carbocycles. The Morgan fingerprint density at radius 3 is 1.91 bits per heavy atom. The zero-order valence-corrected chi connectivity index (χ0v) is 13.4. The fraction of sp³-hybridized carbons (Fsp3) is 0.250. The number of hydrogen-bond acceptors (Lipinski definition) is 2. The minimum atomic E-state index is -0.309. The maximum atomic E-state index is 11.4. The highest BCUT2D eigenvalue weighted by molar-refractivity contribution is 5.89. The van der Waals surface area contributed by atoms with Gasteiger partial charge in [0.05, 0.1) is 12.7 Å². The highest BCUT2D eigenvalue weighted by Gasteiger charge is 2.03. The number of benzene rings is 2. The number of esters is 1. The number of hydrogen-bond donors (Lipinski definition) is 0. The van der Waals surface area contributed by atoms with Crippen molar-refractivity contribution < 1.29 is 9.53 Å². The maximum Gasteiger partial charge on any atom is 0.337 e. The van der Waals surface area contributed by atoms with Crippen molar-refractivity contribution in [1.29, 1.82) is 0 Å². The van der Waals surface area contributed by atoms with Gasteiger partial charge in [0.25, 0.3) is 0 Å². The molecule has 0 bridgehead atoms. The van der Waals surface area contributed by atoms with E-state index in [0.29, 0.717) is 11.5 Å². The lowest BCUT2D eigenvalue weighted by atomic mass is 10.0. The summed E-state index contributed by atoms with van der Waals surface area (Å²) >= 11 is 0.